The normalized spacial score (nSPS) is 12.4. The Kier molecular flexibility index (Phi) is 8.88. The van der Waals surface area contributed by atoms with Crippen molar-refractivity contribution in [1.82, 2.24) is 4.72 Å². The molecule has 2 rings (SSSR count). The van der Waals surface area contributed by atoms with Crippen LogP contribution in [0.3, 0.4) is 0 Å². The summed E-state index contributed by atoms with van der Waals surface area (Å²) in [4.78, 5) is 24.2. The SMILES string of the molecule is CNS(=O)(=O)c1cc(/C=C/C(=O)OC(C)C(=O)Nc2ccccc2OC(F)F)ccc1OC. The molecule has 0 saturated carbocycles. The Morgan fingerprint density at radius 2 is 1.79 bits per heavy atom. The number of ether oxygens (including phenoxy) is 3. The Balaban J connectivity index is 2.06. The number of nitrogens with one attached hydrogen (secondary N) is 2. The quantitative estimate of drug-likeness (QED) is 0.393. The molecular formula is C21H22F2N2O7S. The Bertz CT molecular complexity index is 1140. The fraction of sp³-hybridized carbons (Fsp3) is 0.238. The standard InChI is InChI=1S/C21H22F2N2O7S/c1-13(20(27)25-15-6-4-5-7-16(15)32-21(22)23)31-19(26)11-9-14-8-10-17(30-3)18(12-14)33(28,29)24-2/h4-13,21,24H,1-3H3,(H,25,27)/b11-9+. The van der Waals surface area contributed by atoms with E-state index in [1.807, 2.05) is 0 Å². The number of sulfonamides is 1. The summed E-state index contributed by atoms with van der Waals surface area (Å²) in [5.41, 5.74) is 0.342. The molecule has 0 saturated heterocycles. The molecule has 178 valence electrons. The maximum Gasteiger partial charge on any atom is 0.387 e. The van der Waals surface area contributed by atoms with Gasteiger partial charge in [-0.1, -0.05) is 18.2 Å². The zero-order valence-electron chi connectivity index (χ0n) is 17.9. The van der Waals surface area contributed by atoms with Gasteiger partial charge < -0.3 is 19.5 Å². The fourth-order valence-corrected chi connectivity index (χ4v) is 3.48. The third kappa shape index (κ3) is 7.26. The molecule has 0 aliphatic heterocycles. The number of para-hydroxylation sites is 2. The van der Waals surface area contributed by atoms with Gasteiger partial charge in [-0.05, 0) is 49.9 Å². The minimum absolute atomic E-state index is 0.0160. The highest BCUT2D eigenvalue weighted by Gasteiger charge is 2.20. The molecule has 9 nitrogen and oxygen atoms in total. The molecule has 0 heterocycles. The Hall–Kier alpha value is -3.51. The monoisotopic (exact) mass is 484 g/mol. The van der Waals surface area contributed by atoms with Gasteiger partial charge in [0, 0.05) is 6.08 Å². The van der Waals surface area contributed by atoms with Gasteiger partial charge in [0.1, 0.15) is 16.4 Å². The van der Waals surface area contributed by atoms with Crippen LogP contribution in [-0.2, 0) is 24.3 Å². The van der Waals surface area contributed by atoms with E-state index in [-0.39, 0.29) is 22.1 Å². The first kappa shape index (κ1) is 25.7. The van der Waals surface area contributed by atoms with Crippen LogP contribution in [0, 0.1) is 0 Å². The molecule has 0 aliphatic rings. The van der Waals surface area contributed by atoms with Gasteiger partial charge in [-0.25, -0.2) is 17.9 Å². The van der Waals surface area contributed by atoms with E-state index in [1.165, 1.54) is 69.6 Å². The van der Waals surface area contributed by atoms with Crippen molar-refractivity contribution in [2.45, 2.75) is 24.5 Å². The largest absolute Gasteiger partial charge is 0.495 e. The number of carbonyl (C=O) groups is 2. The van der Waals surface area contributed by atoms with Crippen molar-refractivity contribution >= 4 is 33.7 Å². The zero-order chi connectivity index (χ0) is 24.6. The summed E-state index contributed by atoms with van der Waals surface area (Å²) in [6, 6.07) is 9.80. The molecule has 1 atom stereocenters. The highest BCUT2D eigenvalue weighted by atomic mass is 32.2. The first-order valence-electron chi connectivity index (χ1n) is 9.42. The van der Waals surface area contributed by atoms with Gasteiger partial charge in [-0.15, -0.1) is 0 Å². The number of halogens is 2. The number of carbonyl (C=O) groups excluding carboxylic acids is 2. The molecule has 33 heavy (non-hydrogen) atoms. The number of rotatable bonds is 10. The predicted molar refractivity (Wildman–Crippen MR) is 116 cm³/mol. The lowest BCUT2D eigenvalue weighted by Crippen LogP contribution is -2.29. The smallest absolute Gasteiger partial charge is 0.387 e. The number of hydrogen-bond acceptors (Lipinski definition) is 7. The second kappa shape index (κ2) is 11.4. The van der Waals surface area contributed by atoms with E-state index in [0.29, 0.717) is 5.56 Å². The lowest BCUT2D eigenvalue weighted by Gasteiger charge is -2.15. The average molecular weight is 484 g/mol. The molecular weight excluding hydrogens is 462 g/mol. The fourth-order valence-electron chi connectivity index (χ4n) is 2.55. The number of hydrogen-bond donors (Lipinski definition) is 2. The summed E-state index contributed by atoms with van der Waals surface area (Å²) >= 11 is 0. The van der Waals surface area contributed by atoms with Crippen LogP contribution in [0.5, 0.6) is 11.5 Å². The summed E-state index contributed by atoms with van der Waals surface area (Å²) in [5.74, 6) is -1.78. The van der Waals surface area contributed by atoms with Crippen molar-refractivity contribution in [2.24, 2.45) is 0 Å². The first-order chi connectivity index (χ1) is 15.6. The van der Waals surface area contributed by atoms with Gasteiger partial charge in [-0.3, -0.25) is 4.79 Å². The van der Waals surface area contributed by atoms with E-state index in [1.54, 1.807) is 0 Å². The van der Waals surface area contributed by atoms with Gasteiger partial charge in [0.05, 0.1) is 12.8 Å². The molecule has 2 N–H and O–H groups in total. The molecule has 0 bridgehead atoms. The average Bonchev–Trinajstić information content (AvgIpc) is 2.78. The van der Waals surface area contributed by atoms with Crippen molar-refractivity contribution in [1.29, 1.82) is 0 Å². The molecule has 2 aromatic carbocycles. The van der Waals surface area contributed by atoms with Crippen LogP contribution in [0.25, 0.3) is 6.08 Å². The van der Waals surface area contributed by atoms with Gasteiger partial charge >= 0.3 is 12.6 Å². The molecule has 0 aromatic heterocycles. The van der Waals surface area contributed by atoms with Crippen molar-refractivity contribution in [3.05, 3.63) is 54.1 Å². The van der Waals surface area contributed by atoms with E-state index >= 15 is 0 Å². The number of benzene rings is 2. The third-order valence-electron chi connectivity index (χ3n) is 4.18. The van der Waals surface area contributed by atoms with Crippen LogP contribution in [0.15, 0.2) is 53.4 Å². The van der Waals surface area contributed by atoms with Gasteiger partial charge in [0.2, 0.25) is 10.0 Å². The van der Waals surface area contributed by atoms with Gasteiger partial charge in [0.15, 0.2) is 6.10 Å². The van der Waals surface area contributed by atoms with Crippen LogP contribution in [0.2, 0.25) is 0 Å². The highest BCUT2D eigenvalue weighted by molar-refractivity contribution is 7.89. The summed E-state index contributed by atoms with van der Waals surface area (Å²) < 4.78 is 65.8. The summed E-state index contributed by atoms with van der Waals surface area (Å²) in [5, 5.41) is 2.35. The number of esters is 1. The predicted octanol–water partition coefficient (Wildman–Crippen LogP) is 2.79. The maximum atomic E-state index is 12.5. The van der Waals surface area contributed by atoms with Crippen LogP contribution in [-0.4, -0.2) is 47.2 Å². The molecule has 0 fully saturated rings. The van der Waals surface area contributed by atoms with Crippen molar-refractivity contribution < 1.29 is 41.0 Å². The van der Waals surface area contributed by atoms with Crippen LogP contribution >= 0.6 is 0 Å². The van der Waals surface area contributed by atoms with Crippen LogP contribution < -0.4 is 19.5 Å². The number of anilines is 1. The lowest BCUT2D eigenvalue weighted by molar-refractivity contribution is -0.148. The van der Waals surface area contributed by atoms with Crippen molar-refractivity contribution in [2.75, 3.05) is 19.5 Å². The van der Waals surface area contributed by atoms with E-state index in [4.69, 9.17) is 9.47 Å². The van der Waals surface area contributed by atoms with Gasteiger partial charge in [-0.2, -0.15) is 8.78 Å². The van der Waals surface area contributed by atoms with Gasteiger partial charge in [0.25, 0.3) is 5.91 Å². The van der Waals surface area contributed by atoms with E-state index in [0.717, 1.165) is 6.08 Å². The molecule has 1 unspecified atom stereocenters. The first-order valence-corrected chi connectivity index (χ1v) is 10.9. The van der Waals surface area contributed by atoms with E-state index in [2.05, 4.69) is 14.8 Å². The summed E-state index contributed by atoms with van der Waals surface area (Å²) in [6.07, 6.45) is 1.04. The van der Waals surface area contributed by atoms with Crippen molar-refractivity contribution in [3.8, 4) is 11.5 Å². The van der Waals surface area contributed by atoms with Crippen LogP contribution in [0.1, 0.15) is 12.5 Å². The molecule has 12 heteroatoms. The third-order valence-corrected chi connectivity index (χ3v) is 5.62. The Morgan fingerprint density at radius 3 is 2.42 bits per heavy atom. The highest BCUT2D eigenvalue weighted by Crippen LogP contribution is 2.26. The zero-order valence-corrected chi connectivity index (χ0v) is 18.7. The Labute approximate surface area is 189 Å². The minimum atomic E-state index is -3.81. The number of methoxy groups -OCH3 is 1. The molecule has 2 aromatic rings. The topological polar surface area (TPSA) is 120 Å². The number of amides is 1. The van der Waals surface area contributed by atoms with Crippen molar-refractivity contribution in [3.63, 3.8) is 0 Å². The second-order valence-electron chi connectivity index (χ2n) is 6.39. The number of alkyl halides is 2. The maximum absolute atomic E-state index is 12.5. The second-order valence-corrected chi connectivity index (χ2v) is 8.25. The lowest BCUT2D eigenvalue weighted by atomic mass is 10.2. The molecule has 0 radical (unpaired) electrons. The van der Waals surface area contributed by atoms with E-state index < -0.39 is 34.6 Å². The molecule has 0 aliphatic carbocycles. The minimum Gasteiger partial charge on any atom is -0.495 e. The Morgan fingerprint density at radius 1 is 1.09 bits per heavy atom. The van der Waals surface area contributed by atoms with Crippen LogP contribution in [0.4, 0.5) is 14.5 Å². The molecule has 1 amide bonds. The summed E-state index contributed by atoms with van der Waals surface area (Å²) in [6.45, 7) is -1.78. The van der Waals surface area contributed by atoms with E-state index in [9.17, 15) is 26.8 Å². The summed E-state index contributed by atoms with van der Waals surface area (Å²) in [7, 11) is -1.24. The molecule has 0 spiro atoms.